The maximum atomic E-state index is 12.3. The molecule has 0 aliphatic heterocycles. The molecule has 132 valence electrons. The second-order valence-electron chi connectivity index (χ2n) is 5.86. The average Bonchev–Trinajstić information content (AvgIpc) is 2.90. The molecule has 0 atom stereocenters. The van der Waals surface area contributed by atoms with Crippen LogP contribution < -0.4 is 4.74 Å². The van der Waals surface area contributed by atoms with Crippen molar-refractivity contribution in [3.63, 3.8) is 0 Å². The Hall–Kier alpha value is -3.16. The fraction of sp³-hybridized carbons (Fsp3) is 0.167. The van der Waals surface area contributed by atoms with Crippen LogP contribution in [0.1, 0.15) is 5.82 Å². The lowest BCUT2D eigenvalue weighted by Gasteiger charge is -2.09. The van der Waals surface area contributed by atoms with E-state index in [1.54, 1.807) is 30.1 Å². The highest BCUT2D eigenvalue weighted by Gasteiger charge is 2.31. The van der Waals surface area contributed by atoms with Gasteiger partial charge in [-0.25, -0.2) is 9.97 Å². The van der Waals surface area contributed by atoms with Gasteiger partial charge in [0.15, 0.2) is 0 Å². The third-order valence-electron chi connectivity index (χ3n) is 4.05. The molecular weight excluding hydrogens is 345 g/mol. The molecule has 0 radical (unpaired) electrons. The topological polar surface area (TPSA) is 52.8 Å². The highest BCUT2D eigenvalue weighted by atomic mass is 19.4. The molecule has 0 bridgehead atoms. The van der Waals surface area contributed by atoms with Gasteiger partial charge in [0.05, 0.1) is 11.2 Å². The quantitative estimate of drug-likeness (QED) is 0.533. The van der Waals surface area contributed by atoms with Crippen molar-refractivity contribution in [1.82, 2.24) is 19.7 Å². The van der Waals surface area contributed by atoms with E-state index in [0.717, 1.165) is 33.1 Å². The molecule has 4 rings (SSSR count). The maximum Gasteiger partial charge on any atom is 0.573 e. The highest BCUT2D eigenvalue weighted by Crippen LogP contribution is 2.33. The van der Waals surface area contributed by atoms with Crippen molar-refractivity contribution in [2.24, 2.45) is 7.05 Å². The molecular formula is C18H13F3N4O. The lowest BCUT2D eigenvalue weighted by molar-refractivity contribution is -0.274. The standard InChI is InChI=1S/C18H13F3N4O/c1-10-22-9-14-15(23-10)8-7-13-16(14)24-25(2)17(13)11-3-5-12(6-4-11)26-18(19,20)21/h3-9H,1-2H3. The van der Waals surface area contributed by atoms with Crippen LogP contribution in [0.5, 0.6) is 5.75 Å². The van der Waals surface area contributed by atoms with Gasteiger partial charge in [-0.15, -0.1) is 13.2 Å². The van der Waals surface area contributed by atoms with Crippen LogP contribution in [-0.4, -0.2) is 26.1 Å². The maximum absolute atomic E-state index is 12.3. The van der Waals surface area contributed by atoms with Crippen LogP contribution in [0.3, 0.4) is 0 Å². The van der Waals surface area contributed by atoms with Crippen molar-refractivity contribution in [2.45, 2.75) is 13.3 Å². The van der Waals surface area contributed by atoms with Crippen LogP contribution in [0.25, 0.3) is 33.1 Å². The molecule has 0 aliphatic rings. The van der Waals surface area contributed by atoms with Gasteiger partial charge in [-0.2, -0.15) is 5.10 Å². The second kappa shape index (κ2) is 5.69. The highest BCUT2D eigenvalue weighted by molar-refractivity contribution is 6.08. The average molecular weight is 358 g/mol. The SMILES string of the molecule is Cc1ncc2c(ccc3c(-c4ccc(OC(F)(F)F)cc4)n(C)nc32)n1. The van der Waals surface area contributed by atoms with Crippen LogP contribution in [-0.2, 0) is 7.05 Å². The van der Waals surface area contributed by atoms with Gasteiger partial charge in [0.25, 0.3) is 0 Å². The fourth-order valence-electron chi connectivity index (χ4n) is 3.01. The van der Waals surface area contributed by atoms with Gasteiger partial charge < -0.3 is 4.74 Å². The monoisotopic (exact) mass is 358 g/mol. The van der Waals surface area contributed by atoms with Gasteiger partial charge in [0.2, 0.25) is 0 Å². The minimum absolute atomic E-state index is 0.262. The van der Waals surface area contributed by atoms with E-state index in [9.17, 15) is 13.2 Å². The van der Waals surface area contributed by atoms with Gasteiger partial charge in [-0.1, -0.05) is 0 Å². The number of halogens is 3. The zero-order valence-corrected chi connectivity index (χ0v) is 13.9. The Kier molecular flexibility index (Phi) is 3.57. The summed E-state index contributed by atoms with van der Waals surface area (Å²) in [5.41, 5.74) is 3.07. The Morgan fingerprint density at radius 1 is 1.00 bits per heavy atom. The van der Waals surface area contributed by atoms with Gasteiger partial charge in [-0.3, -0.25) is 4.68 Å². The van der Waals surface area contributed by atoms with E-state index in [4.69, 9.17) is 0 Å². The lowest BCUT2D eigenvalue weighted by Crippen LogP contribution is -2.16. The second-order valence-corrected chi connectivity index (χ2v) is 5.86. The van der Waals surface area contributed by atoms with Crippen molar-refractivity contribution in [1.29, 1.82) is 0 Å². The van der Waals surface area contributed by atoms with Crippen LogP contribution >= 0.6 is 0 Å². The minimum atomic E-state index is -4.71. The van der Waals surface area contributed by atoms with Crippen molar-refractivity contribution in [3.05, 3.63) is 48.4 Å². The molecule has 8 heteroatoms. The summed E-state index contributed by atoms with van der Waals surface area (Å²) in [4.78, 5) is 8.63. The van der Waals surface area contributed by atoms with E-state index < -0.39 is 6.36 Å². The third kappa shape index (κ3) is 2.83. The molecule has 0 amide bonds. The van der Waals surface area contributed by atoms with Gasteiger partial charge in [0, 0.05) is 29.6 Å². The number of ether oxygens (including phenoxy) is 1. The van der Waals surface area contributed by atoms with E-state index in [2.05, 4.69) is 19.8 Å². The van der Waals surface area contributed by atoms with Crippen molar-refractivity contribution >= 4 is 21.8 Å². The molecule has 0 saturated carbocycles. The molecule has 2 heterocycles. The zero-order chi connectivity index (χ0) is 18.5. The van der Waals surface area contributed by atoms with Crippen molar-refractivity contribution < 1.29 is 17.9 Å². The molecule has 0 N–H and O–H groups in total. The van der Waals surface area contributed by atoms with Crippen LogP contribution in [0.15, 0.2) is 42.6 Å². The summed E-state index contributed by atoms with van der Waals surface area (Å²) >= 11 is 0. The number of hydrogen-bond donors (Lipinski definition) is 0. The Morgan fingerprint density at radius 2 is 1.73 bits per heavy atom. The minimum Gasteiger partial charge on any atom is -0.406 e. The first-order valence-electron chi connectivity index (χ1n) is 7.77. The summed E-state index contributed by atoms with van der Waals surface area (Å²) in [5.74, 6) is 0.412. The molecule has 4 aromatic rings. The van der Waals surface area contributed by atoms with Crippen molar-refractivity contribution in [2.75, 3.05) is 0 Å². The van der Waals surface area contributed by atoms with Crippen LogP contribution in [0.2, 0.25) is 0 Å². The van der Waals surface area contributed by atoms with Gasteiger partial charge >= 0.3 is 6.36 Å². The predicted molar refractivity (Wildman–Crippen MR) is 90.7 cm³/mol. The molecule has 2 aromatic heterocycles. The molecule has 2 aromatic carbocycles. The number of aromatic nitrogens is 4. The lowest BCUT2D eigenvalue weighted by atomic mass is 10.1. The first kappa shape index (κ1) is 16.3. The van der Waals surface area contributed by atoms with Crippen LogP contribution in [0, 0.1) is 6.92 Å². The molecule has 0 spiro atoms. The van der Waals surface area contributed by atoms with E-state index >= 15 is 0 Å². The summed E-state index contributed by atoms with van der Waals surface area (Å²) in [6, 6.07) is 9.52. The summed E-state index contributed by atoms with van der Waals surface area (Å²) in [6.45, 7) is 1.82. The first-order valence-corrected chi connectivity index (χ1v) is 7.77. The van der Waals surface area contributed by atoms with E-state index in [-0.39, 0.29) is 5.75 Å². The van der Waals surface area contributed by atoms with E-state index in [1.165, 1.54) is 12.1 Å². The molecule has 26 heavy (non-hydrogen) atoms. The molecule has 0 saturated heterocycles. The number of rotatable bonds is 2. The number of benzene rings is 2. The molecule has 0 fully saturated rings. The summed E-state index contributed by atoms with van der Waals surface area (Å²) in [6.07, 6.45) is -2.98. The Bertz CT molecular complexity index is 1120. The largest absolute Gasteiger partial charge is 0.573 e. The number of fused-ring (bicyclic) bond motifs is 3. The van der Waals surface area contributed by atoms with E-state index in [0.29, 0.717) is 5.82 Å². The summed E-state index contributed by atoms with van der Waals surface area (Å²) in [7, 11) is 1.79. The van der Waals surface area contributed by atoms with Crippen LogP contribution in [0.4, 0.5) is 13.2 Å². The predicted octanol–water partition coefficient (Wildman–Crippen LogP) is 4.39. The normalized spacial score (nSPS) is 12.0. The van der Waals surface area contributed by atoms with Gasteiger partial charge in [0.1, 0.15) is 17.1 Å². The Balaban J connectivity index is 1.84. The molecule has 5 nitrogen and oxygen atoms in total. The Labute approximate surface area is 146 Å². The number of alkyl halides is 3. The first-order chi connectivity index (χ1) is 12.3. The van der Waals surface area contributed by atoms with Gasteiger partial charge in [-0.05, 0) is 43.3 Å². The summed E-state index contributed by atoms with van der Waals surface area (Å²) < 4.78 is 42.6. The van der Waals surface area contributed by atoms with Crippen molar-refractivity contribution in [3.8, 4) is 17.0 Å². The third-order valence-corrected chi connectivity index (χ3v) is 4.05. The molecule has 0 unspecified atom stereocenters. The fourth-order valence-corrected chi connectivity index (χ4v) is 3.01. The van der Waals surface area contributed by atoms with E-state index in [1.807, 2.05) is 19.1 Å². The number of nitrogens with zero attached hydrogens (tertiary/aromatic N) is 4. The molecule has 0 aliphatic carbocycles. The summed E-state index contributed by atoms with van der Waals surface area (Å²) in [5, 5.41) is 6.25. The Morgan fingerprint density at radius 3 is 2.42 bits per heavy atom. The zero-order valence-electron chi connectivity index (χ0n) is 13.9. The number of hydrogen-bond acceptors (Lipinski definition) is 4. The number of aryl methyl sites for hydroxylation is 2. The smallest absolute Gasteiger partial charge is 0.406 e.